The smallest absolute Gasteiger partial charge is 0.327 e. The van der Waals surface area contributed by atoms with E-state index in [1.165, 1.54) is 16.7 Å². The van der Waals surface area contributed by atoms with E-state index in [1.807, 2.05) is 0 Å². The van der Waals surface area contributed by atoms with E-state index in [1.54, 1.807) is 6.92 Å². The van der Waals surface area contributed by atoms with Crippen LogP contribution in [0.15, 0.2) is 0 Å². The van der Waals surface area contributed by atoms with Crippen molar-refractivity contribution in [2.45, 2.75) is 29.5 Å². The van der Waals surface area contributed by atoms with Crippen molar-refractivity contribution < 1.29 is 14.7 Å². The summed E-state index contributed by atoms with van der Waals surface area (Å²) < 4.78 is -0.551. The summed E-state index contributed by atoms with van der Waals surface area (Å²) in [5.41, 5.74) is 0. The summed E-state index contributed by atoms with van der Waals surface area (Å²) in [5.74, 6) is -0.797. The van der Waals surface area contributed by atoms with Crippen molar-refractivity contribution in [3.63, 3.8) is 0 Å². The largest absolute Gasteiger partial charge is 0.480 e. The topological polar surface area (TPSA) is 57.6 Å². The summed E-state index contributed by atoms with van der Waals surface area (Å²) in [6.45, 7) is 1.80. The van der Waals surface area contributed by atoms with Crippen LogP contribution in [0.25, 0.3) is 0 Å². The molecule has 0 bridgehead atoms. The van der Waals surface area contributed by atoms with Crippen LogP contribution < -0.4 is 0 Å². The second kappa shape index (κ2) is 3.03. The minimum Gasteiger partial charge on any atom is -0.480 e. The number of halogens is 1. The highest BCUT2D eigenvalue weighted by molar-refractivity contribution is 8.01. The van der Waals surface area contributed by atoms with Crippen LogP contribution in [0.5, 0.6) is 0 Å². The molecular formula is C8H10ClNO3S. The molecule has 3 atom stereocenters. The Hall–Kier alpha value is -0.420. The van der Waals surface area contributed by atoms with Crippen LogP contribution in [0, 0.1) is 0 Å². The van der Waals surface area contributed by atoms with Gasteiger partial charge < -0.3 is 10.0 Å². The van der Waals surface area contributed by atoms with Crippen molar-refractivity contribution >= 4 is 35.2 Å². The van der Waals surface area contributed by atoms with Crippen LogP contribution in [0.3, 0.4) is 0 Å². The maximum absolute atomic E-state index is 11.2. The molecule has 2 heterocycles. The van der Waals surface area contributed by atoms with Gasteiger partial charge in [0, 0.05) is 5.88 Å². The fourth-order valence-electron chi connectivity index (χ4n) is 1.96. The average molecular weight is 236 g/mol. The maximum atomic E-state index is 11.2. The number of carboxylic acids is 1. The predicted molar refractivity (Wildman–Crippen MR) is 53.4 cm³/mol. The standard InChI is InChI=1S/C8H10ClNO3S/c1-8(3-9)6(7(12)13)10-4(11)2-5(10)14-8/h5-6H,2-3H2,1H3,(H,12,13). The Morgan fingerprint density at radius 2 is 2.50 bits per heavy atom. The van der Waals surface area contributed by atoms with Crippen LogP contribution >= 0.6 is 23.4 Å². The van der Waals surface area contributed by atoms with Crippen LogP contribution in [-0.4, -0.2) is 43.9 Å². The number of carbonyl (C=O) groups excluding carboxylic acids is 1. The van der Waals surface area contributed by atoms with Crippen molar-refractivity contribution in [3.8, 4) is 0 Å². The average Bonchev–Trinajstić information content (AvgIpc) is 2.35. The maximum Gasteiger partial charge on any atom is 0.327 e. The molecule has 1 N–H and O–H groups in total. The number of rotatable bonds is 2. The summed E-state index contributed by atoms with van der Waals surface area (Å²) in [5, 5.41) is 9.07. The molecule has 0 aromatic rings. The van der Waals surface area contributed by atoms with E-state index in [4.69, 9.17) is 16.7 Å². The highest BCUT2D eigenvalue weighted by atomic mass is 35.5. The number of hydrogen-bond acceptors (Lipinski definition) is 3. The molecule has 4 nitrogen and oxygen atoms in total. The van der Waals surface area contributed by atoms with Gasteiger partial charge in [0.15, 0.2) is 0 Å². The van der Waals surface area contributed by atoms with Gasteiger partial charge in [0.2, 0.25) is 5.91 Å². The SMILES string of the molecule is CC1(CCl)SC2CC(=O)N2C1C(=O)O. The summed E-state index contributed by atoms with van der Waals surface area (Å²) >= 11 is 7.27. The lowest BCUT2D eigenvalue weighted by Crippen LogP contribution is -2.57. The third kappa shape index (κ3) is 1.15. The number of alkyl halides is 1. The first-order chi connectivity index (χ1) is 6.49. The van der Waals surface area contributed by atoms with Gasteiger partial charge in [-0.25, -0.2) is 4.79 Å². The molecule has 0 saturated carbocycles. The first kappa shape index (κ1) is 10.1. The summed E-state index contributed by atoms with van der Waals surface area (Å²) in [4.78, 5) is 23.7. The molecule has 2 aliphatic heterocycles. The number of β-lactam (4-membered cyclic amide) rings is 1. The molecule has 2 aliphatic rings. The number of carbonyl (C=O) groups is 2. The number of amides is 1. The van der Waals surface area contributed by atoms with Crippen LogP contribution in [0.4, 0.5) is 0 Å². The zero-order valence-electron chi connectivity index (χ0n) is 7.57. The van der Waals surface area contributed by atoms with Gasteiger partial charge in [-0.2, -0.15) is 0 Å². The second-order valence-electron chi connectivity index (χ2n) is 3.76. The molecule has 14 heavy (non-hydrogen) atoms. The number of aliphatic carboxylic acids is 1. The van der Waals surface area contributed by atoms with Crippen LogP contribution in [0.1, 0.15) is 13.3 Å². The van der Waals surface area contributed by atoms with Gasteiger partial charge in [0.25, 0.3) is 0 Å². The highest BCUT2D eigenvalue weighted by Gasteiger charge is 2.60. The van der Waals surface area contributed by atoms with E-state index >= 15 is 0 Å². The zero-order chi connectivity index (χ0) is 10.5. The number of thioether (sulfide) groups is 1. The van der Waals surface area contributed by atoms with E-state index in [0.717, 1.165) is 0 Å². The molecule has 0 spiro atoms. The van der Waals surface area contributed by atoms with Gasteiger partial charge in [-0.05, 0) is 6.92 Å². The first-order valence-electron chi connectivity index (χ1n) is 4.27. The zero-order valence-corrected chi connectivity index (χ0v) is 9.14. The molecule has 0 aromatic heterocycles. The Bertz CT molecular complexity index is 311. The van der Waals surface area contributed by atoms with Gasteiger partial charge in [-0.3, -0.25) is 4.79 Å². The van der Waals surface area contributed by atoms with Gasteiger partial charge >= 0.3 is 5.97 Å². The van der Waals surface area contributed by atoms with Crippen molar-refractivity contribution in [2.24, 2.45) is 0 Å². The van der Waals surface area contributed by atoms with Crippen molar-refractivity contribution in [1.82, 2.24) is 4.90 Å². The van der Waals surface area contributed by atoms with Crippen molar-refractivity contribution in [2.75, 3.05) is 5.88 Å². The normalized spacial score (nSPS) is 40.7. The lowest BCUT2D eigenvalue weighted by Gasteiger charge is -2.36. The first-order valence-corrected chi connectivity index (χ1v) is 5.69. The lowest BCUT2D eigenvalue weighted by atomic mass is 9.98. The lowest BCUT2D eigenvalue weighted by molar-refractivity contribution is -0.157. The number of fused-ring (bicyclic) bond motifs is 1. The van der Waals surface area contributed by atoms with Gasteiger partial charge in [-0.15, -0.1) is 23.4 Å². The van der Waals surface area contributed by atoms with Gasteiger partial charge in [-0.1, -0.05) is 0 Å². The third-order valence-corrected chi connectivity index (χ3v) is 4.99. The summed E-state index contributed by atoms with van der Waals surface area (Å²) in [6, 6.07) is -0.767. The minimum atomic E-state index is -0.962. The fraction of sp³-hybridized carbons (Fsp3) is 0.750. The number of nitrogens with zero attached hydrogens (tertiary/aromatic N) is 1. The molecule has 78 valence electrons. The molecular weight excluding hydrogens is 226 g/mol. The summed E-state index contributed by atoms with van der Waals surface area (Å²) in [7, 11) is 0. The van der Waals surface area contributed by atoms with Crippen LogP contribution in [0.2, 0.25) is 0 Å². The fourth-order valence-corrected chi connectivity index (χ4v) is 3.91. The minimum absolute atomic E-state index is 0.0207. The van der Waals surface area contributed by atoms with E-state index in [0.29, 0.717) is 6.42 Å². The Balaban J connectivity index is 2.31. The number of carboxylic acid groups (broad SMARTS) is 1. The predicted octanol–water partition coefficient (Wildman–Crippen LogP) is 0.742. The Morgan fingerprint density at radius 1 is 1.86 bits per heavy atom. The quantitative estimate of drug-likeness (QED) is 0.567. The molecule has 2 rings (SSSR count). The molecule has 0 aromatic carbocycles. The second-order valence-corrected chi connectivity index (χ2v) is 5.74. The molecule has 3 unspecified atom stereocenters. The van der Waals surface area contributed by atoms with Gasteiger partial charge in [0.05, 0.1) is 16.5 Å². The third-order valence-electron chi connectivity index (χ3n) is 2.71. The van der Waals surface area contributed by atoms with Crippen molar-refractivity contribution in [3.05, 3.63) is 0 Å². The number of hydrogen-bond donors (Lipinski definition) is 1. The molecule has 1 amide bonds. The molecule has 0 radical (unpaired) electrons. The van der Waals surface area contributed by atoms with E-state index < -0.39 is 16.8 Å². The molecule has 6 heteroatoms. The Morgan fingerprint density at radius 3 is 2.93 bits per heavy atom. The van der Waals surface area contributed by atoms with E-state index in [-0.39, 0.29) is 17.2 Å². The van der Waals surface area contributed by atoms with Crippen LogP contribution in [-0.2, 0) is 9.59 Å². The van der Waals surface area contributed by atoms with Gasteiger partial charge in [0.1, 0.15) is 6.04 Å². The summed E-state index contributed by atoms with van der Waals surface area (Å²) in [6.07, 6.45) is 0.445. The molecule has 0 aliphatic carbocycles. The highest BCUT2D eigenvalue weighted by Crippen LogP contribution is 2.51. The van der Waals surface area contributed by atoms with Crippen molar-refractivity contribution in [1.29, 1.82) is 0 Å². The molecule has 2 saturated heterocycles. The molecule has 2 fully saturated rings. The Kier molecular flexibility index (Phi) is 2.19. The Labute approximate surface area is 90.6 Å². The monoisotopic (exact) mass is 235 g/mol. The van der Waals surface area contributed by atoms with E-state index in [9.17, 15) is 9.59 Å². The van der Waals surface area contributed by atoms with E-state index in [2.05, 4.69) is 0 Å².